The second-order valence-corrected chi connectivity index (χ2v) is 5.09. The predicted molar refractivity (Wildman–Crippen MR) is 65.1 cm³/mol. The summed E-state index contributed by atoms with van der Waals surface area (Å²) in [5.41, 5.74) is 0. The number of allylic oxidation sites excluding steroid dienone is 1. The second-order valence-electron chi connectivity index (χ2n) is 4.11. The van der Waals surface area contributed by atoms with E-state index in [9.17, 15) is 0 Å². The fourth-order valence-corrected chi connectivity index (χ4v) is 2.73. The van der Waals surface area contributed by atoms with Gasteiger partial charge in [0.1, 0.15) is 5.76 Å². The summed E-state index contributed by atoms with van der Waals surface area (Å²) in [7, 11) is 0. The Morgan fingerprint density at radius 2 is 2.38 bits per heavy atom. The van der Waals surface area contributed by atoms with Crippen LogP contribution in [0.3, 0.4) is 0 Å². The highest BCUT2D eigenvalue weighted by Gasteiger charge is 2.36. The molecule has 1 spiro atoms. The summed E-state index contributed by atoms with van der Waals surface area (Å²) >= 11 is 1.71. The maximum atomic E-state index is 5.90. The summed E-state index contributed by atoms with van der Waals surface area (Å²) in [5.74, 6) is 0.450. The van der Waals surface area contributed by atoms with E-state index < -0.39 is 5.79 Å². The van der Waals surface area contributed by atoms with Crippen LogP contribution in [0, 0.1) is 0 Å². The van der Waals surface area contributed by atoms with Crippen molar-refractivity contribution in [3.05, 3.63) is 40.3 Å². The highest BCUT2D eigenvalue weighted by Crippen LogP contribution is 2.35. The van der Waals surface area contributed by atoms with Gasteiger partial charge in [0, 0.05) is 11.3 Å². The van der Waals surface area contributed by atoms with Crippen LogP contribution in [0.15, 0.2) is 35.4 Å². The summed E-state index contributed by atoms with van der Waals surface area (Å²) in [5, 5.41) is 2.07. The van der Waals surface area contributed by atoms with E-state index in [0.29, 0.717) is 0 Å². The third-order valence-electron chi connectivity index (χ3n) is 2.89. The molecule has 0 N–H and O–H groups in total. The van der Waals surface area contributed by atoms with E-state index in [2.05, 4.69) is 17.5 Å². The molecule has 1 atom stereocenters. The first-order valence-corrected chi connectivity index (χ1v) is 6.52. The van der Waals surface area contributed by atoms with Crippen molar-refractivity contribution in [1.82, 2.24) is 0 Å². The Balaban J connectivity index is 1.76. The summed E-state index contributed by atoms with van der Waals surface area (Å²) in [4.78, 5) is 1.22. The molecule has 0 bridgehead atoms. The van der Waals surface area contributed by atoms with Crippen LogP contribution in [-0.4, -0.2) is 12.4 Å². The average molecular weight is 234 g/mol. The van der Waals surface area contributed by atoms with Gasteiger partial charge in [-0.25, -0.2) is 0 Å². The summed E-state index contributed by atoms with van der Waals surface area (Å²) in [6, 6.07) is 4.13. The predicted octanol–water partition coefficient (Wildman–Crippen LogP) is 3.57. The zero-order valence-electron chi connectivity index (χ0n) is 9.02. The largest absolute Gasteiger partial charge is 0.459 e. The second kappa shape index (κ2) is 4.07. The van der Waals surface area contributed by atoms with Crippen molar-refractivity contribution in [2.24, 2.45) is 0 Å². The van der Waals surface area contributed by atoms with Gasteiger partial charge in [-0.05, 0) is 42.5 Å². The van der Waals surface area contributed by atoms with Gasteiger partial charge >= 0.3 is 0 Å². The minimum absolute atomic E-state index is 0.457. The molecule has 0 radical (unpaired) electrons. The monoisotopic (exact) mass is 234 g/mol. The zero-order chi connectivity index (χ0) is 10.8. The molecule has 16 heavy (non-hydrogen) atoms. The Morgan fingerprint density at radius 3 is 3.12 bits per heavy atom. The quantitative estimate of drug-likeness (QED) is 0.739. The molecule has 1 unspecified atom stereocenters. The van der Waals surface area contributed by atoms with Gasteiger partial charge in [-0.1, -0.05) is 6.07 Å². The average Bonchev–Trinajstić information content (AvgIpc) is 2.92. The van der Waals surface area contributed by atoms with Crippen molar-refractivity contribution in [3.8, 4) is 0 Å². The number of rotatable bonds is 1. The Labute approximate surface area is 99.2 Å². The molecule has 2 aliphatic rings. The lowest BCUT2D eigenvalue weighted by Gasteiger charge is -2.31. The summed E-state index contributed by atoms with van der Waals surface area (Å²) in [6.45, 7) is 0.802. The smallest absolute Gasteiger partial charge is 0.230 e. The molecule has 84 valence electrons. The van der Waals surface area contributed by atoms with E-state index in [4.69, 9.17) is 9.47 Å². The van der Waals surface area contributed by atoms with Crippen LogP contribution in [0.2, 0.25) is 0 Å². The number of ether oxygens (including phenoxy) is 2. The number of hydrogen-bond donors (Lipinski definition) is 0. The molecule has 0 aliphatic carbocycles. The van der Waals surface area contributed by atoms with E-state index in [0.717, 1.165) is 25.2 Å². The van der Waals surface area contributed by atoms with Crippen LogP contribution in [-0.2, 0) is 9.47 Å². The molecule has 2 aliphatic heterocycles. The van der Waals surface area contributed by atoms with Gasteiger partial charge in [-0.2, -0.15) is 0 Å². The SMILES string of the molecule is C1=CC2(CCCCO2)O/C1=C\c1cccs1. The highest BCUT2D eigenvalue weighted by atomic mass is 32.1. The maximum absolute atomic E-state index is 5.90. The lowest BCUT2D eigenvalue weighted by molar-refractivity contribution is -0.191. The van der Waals surface area contributed by atoms with Crippen LogP contribution in [0.5, 0.6) is 0 Å². The first-order chi connectivity index (χ1) is 7.86. The molecule has 3 heteroatoms. The Hall–Kier alpha value is -1.06. The molecular formula is C13H14O2S. The molecule has 1 saturated heterocycles. The minimum atomic E-state index is -0.457. The Bertz CT molecular complexity index is 411. The van der Waals surface area contributed by atoms with Crippen molar-refractivity contribution < 1.29 is 9.47 Å². The van der Waals surface area contributed by atoms with E-state index in [1.807, 2.05) is 18.2 Å². The van der Waals surface area contributed by atoms with E-state index in [1.54, 1.807) is 11.3 Å². The van der Waals surface area contributed by atoms with Gasteiger partial charge in [0.05, 0.1) is 6.61 Å². The molecule has 0 saturated carbocycles. The van der Waals surface area contributed by atoms with Crippen LogP contribution in [0.25, 0.3) is 6.08 Å². The van der Waals surface area contributed by atoms with Crippen LogP contribution >= 0.6 is 11.3 Å². The number of hydrogen-bond acceptors (Lipinski definition) is 3. The van der Waals surface area contributed by atoms with Crippen molar-refractivity contribution in [2.45, 2.75) is 25.0 Å². The summed E-state index contributed by atoms with van der Waals surface area (Å²) in [6.07, 6.45) is 9.41. The van der Waals surface area contributed by atoms with Gasteiger partial charge < -0.3 is 9.47 Å². The van der Waals surface area contributed by atoms with Crippen LogP contribution < -0.4 is 0 Å². The molecule has 1 fully saturated rings. The fourth-order valence-electron chi connectivity index (χ4n) is 2.07. The molecule has 3 rings (SSSR count). The van der Waals surface area contributed by atoms with Gasteiger partial charge in [0.15, 0.2) is 0 Å². The molecule has 3 heterocycles. The maximum Gasteiger partial charge on any atom is 0.230 e. The minimum Gasteiger partial charge on any atom is -0.459 e. The topological polar surface area (TPSA) is 18.5 Å². The van der Waals surface area contributed by atoms with Gasteiger partial charge in [-0.3, -0.25) is 0 Å². The molecular weight excluding hydrogens is 220 g/mol. The molecule has 0 aromatic carbocycles. The molecule has 2 nitrogen and oxygen atoms in total. The van der Waals surface area contributed by atoms with Crippen molar-refractivity contribution in [3.63, 3.8) is 0 Å². The first kappa shape index (κ1) is 10.1. The zero-order valence-corrected chi connectivity index (χ0v) is 9.83. The highest BCUT2D eigenvalue weighted by molar-refractivity contribution is 7.10. The first-order valence-electron chi connectivity index (χ1n) is 5.64. The Morgan fingerprint density at radius 1 is 1.38 bits per heavy atom. The third kappa shape index (κ3) is 1.93. The van der Waals surface area contributed by atoms with E-state index in [-0.39, 0.29) is 0 Å². The van der Waals surface area contributed by atoms with E-state index >= 15 is 0 Å². The number of thiophene rings is 1. The lowest BCUT2D eigenvalue weighted by Crippen LogP contribution is -2.34. The normalized spacial score (nSPS) is 31.1. The molecule has 1 aromatic rings. The molecule has 0 amide bonds. The standard InChI is InChI=1S/C13H14O2S/c1-2-8-14-13(6-1)7-5-11(15-13)10-12-4-3-9-16-12/h3-5,7,9-10H,1-2,6,8H2/b11-10-. The van der Waals surface area contributed by atoms with Gasteiger partial charge in [-0.15, -0.1) is 11.3 Å². The Kier molecular flexibility index (Phi) is 2.58. The van der Waals surface area contributed by atoms with Gasteiger partial charge in [0.25, 0.3) is 0 Å². The lowest BCUT2D eigenvalue weighted by atomic mass is 10.1. The van der Waals surface area contributed by atoms with Crippen molar-refractivity contribution >= 4 is 17.4 Å². The van der Waals surface area contributed by atoms with Crippen molar-refractivity contribution in [2.75, 3.05) is 6.61 Å². The van der Waals surface area contributed by atoms with Gasteiger partial charge in [0.2, 0.25) is 5.79 Å². The third-order valence-corrected chi connectivity index (χ3v) is 3.71. The molecule has 1 aromatic heterocycles. The van der Waals surface area contributed by atoms with E-state index in [1.165, 1.54) is 11.3 Å². The van der Waals surface area contributed by atoms with Crippen LogP contribution in [0.1, 0.15) is 24.1 Å². The van der Waals surface area contributed by atoms with Crippen molar-refractivity contribution in [1.29, 1.82) is 0 Å². The fraction of sp³-hybridized carbons (Fsp3) is 0.385. The summed E-state index contributed by atoms with van der Waals surface area (Å²) < 4.78 is 11.6. The van der Waals surface area contributed by atoms with Crippen LogP contribution in [0.4, 0.5) is 0 Å².